The molecule has 3 aromatic rings. The zero-order chi connectivity index (χ0) is 11.8. The lowest BCUT2D eigenvalue weighted by atomic mass is 10.4. The molecule has 0 aliphatic rings. The lowest BCUT2D eigenvalue weighted by Crippen LogP contribution is -2.03. The second-order valence-corrected chi connectivity index (χ2v) is 3.84. The van der Waals surface area contributed by atoms with Crippen LogP contribution in [0, 0.1) is 0 Å². The summed E-state index contributed by atoms with van der Waals surface area (Å²) in [5.41, 5.74) is 7.48. The van der Waals surface area contributed by atoms with E-state index in [2.05, 4.69) is 20.2 Å². The number of pyridine rings is 2. The Morgan fingerprint density at radius 2 is 2.00 bits per heavy atom. The van der Waals surface area contributed by atoms with Gasteiger partial charge in [-0.05, 0) is 12.1 Å². The molecule has 3 heterocycles. The van der Waals surface area contributed by atoms with Crippen molar-refractivity contribution in [2.24, 2.45) is 0 Å². The molecule has 0 saturated heterocycles. The highest BCUT2D eigenvalue weighted by Crippen LogP contribution is 2.20. The molecule has 17 heavy (non-hydrogen) atoms. The first-order valence-electron chi connectivity index (χ1n) is 4.82. The predicted molar refractivity (Wildman–Crippen MR) is 63.9 cm³/mol. The first-order valence-corrected chi connectivity index (χ1v) is 5.20. The standard InChI is InChI=1S/C10H7ClN6/c11-7-3-6(12)4-14-10(7)17-15-8-1-2-13-5-9(8)16-17/h1-5H,12H2. The van der Waals surface area contributed by atoms with E-state index < -0.39 is 0 Å². The van der Waals surface area contributed by atoms with Crippen LogP contribution in [0.1, 0.15) is 0 Å². The van der Waals surface area contributed by atoms with Gasteiger partial charge in [-0.3, -0.25) is 4.98 Å². The third kappa shape index (κ3) is 1.68. The van der Waals surface area contributed by atoms with Crippen LogP contribution in [-0.4, -0.2) is 25.0 Å². The molecule has 3 aromatic heterocycles. The number of fused-ring (bicyclic) bond motifs is 1. The van der Waals surface area contributed by atoms with Gasteiger partial charge in [0, 0.05) is 6.20 Å². The van der Waals surface area contributed by atoms with E-state index in [1.807, 2.05) is 0 Å². The number of nitrogens with zero attached hydrogens (tertiary/aromatic N) is 5. The number of hydrogen-bond donors (Lipinski definition) is 1. The molecule has 0 spiro atoms. The maximum atomic E-state index is 6.03. The van der Waals surface area contributed by atoms with Crippen molar-refractivity contribution >= 4 is 28.3 Å². The average molecular weight is 247 g/mol. The summed E-state index contributed by atoms with van der Waals surface area (Å²) in [5.74, 6) is 0.442. The second-order valence-electron chi connectivity index (χ2n) is 3.43. The first kappa shape index (κ1) is 9.98. The van der Waals surface area contributed by atoms with Gasteiger partial charge >= 0.3 is 0 Å². The van der Waals surface area contributed by atoms with Gasteiger partial charge in [0.25, 0.3) is 0 Å². The Balaban J connectivity index is 2.20. The van der Waals surface area contributed by atoms with E-state index in [4.69, 9.17) is 17.3 Å². The van der Waals surface area contributed by atoms with Gasteiger partial charge in [-0.1, -0.05) is 11.6 Å². The normalized spacial score (nSPS) is 10.9. The molecule has 84 valence electrons. The smallest absolute Gasteiger partial charge is 0.193 e. The van der Waals surface area contributed by atoms with Crippen LogP contribution in [0.5, 0.6) is 0 Å². The number of nitrogens with two attached hydrogens (primary N) is 1. The molecule has 0 radical (unpaired) electrons. The SMILES string of the molecule is Nc1cnc(-n2nc3ccncc3n2)c(Cl)c1. The summed E-state index contributed by atoms with van der Waals surface area (Å²) in [5, 5.41) is 8.88. The fourth-order valence-electron chi connectivity index (χ4n) is 1.45. The van der Waals surface area contributed by atoms with Gasteiger partial charge in [0.2, 0.25) is 0 Å². The van der Waals surface area contributed by atoms with Gasteiger partial charge in [0.1, 0.15) is 11.0 Å². The van der Waals surface area contributed by atoms with Crippen molar-refractivity contribution in [3.05, 3.63) is 35.7 Å². The lowest BCUT2D eigenvalue weighted by molar-refractivity contribution is 0.742. The number of hydrogen-bond acceptors (Lipinski definition) is 5. The highest BCUT2D eigenvalue weighted by atomic mass is 35.5. The van der Waals surface area contributed by atoms with E-state index in [1.54, 1.807) is 24.5 Å². The molecule has 3 rings (SSSR count). The summed E-state index contributed by atoms with van der Waals surface area (Å²) in [7, 11) is 0. The number of anilines is 1. The summed E-state index contributed by atoms with van der Waals surface area (Å²) >= 11 is 6.03. The van der Waals surface area contributed by atoms with Gasteiger partial charge in [0.15, 0.2) is 5.82 Å². The first-order chi connectivity index (χ1) is 8.24. The molecule has 7 heteroatoms. The van der Waals surface area contributed by atoms with Crippen LogP contribution in [0.15, 0.2) is 30.7 Å². The van der Waals surface area contributed by atoms with Crippen molar-refractivity contribution in [1.29, 1.82) is 0 Å². The third-order valence-corrected chi connectivity index (χ3v) is 2.49. The molecule has 2 N–H and O–H groups in total. The fraction of sp³-hybridized carbons (Fsp3) is 0. The van der Waals surface area contributed by atoms with Crippen molar-refractivity contribution in [3.8, 4) is 5.82 Å². The average Bonchev–Trinajstić information content (AvgIpc) is 2.72. The van der Waals surface area contributed by atoms with Crippen LogP contribution in [0.2, 0.25) is 5.02 Å². The van der Waals surface area contributed by atoms with Gasteiger partial charge in [-0.15, -0.1) is 15.0 Å². The van der Waals surface area contributed by atoms with Crippen molar-refractivity contribution in [2.45, 2.75) is 0 Å². The van der Waals surface area contributed by atoms with Gasteiger partial charge in [0.05, 0.1) is 23.1 Å². The van der Waals surface area contributed by atoms with Gasteiger partial charge in [-0.25, -0.2) is 4.98 Å². The molecule has 0 aliphatic heterocycles. The van der Waals surface area contributed by atoms with Gasteiger partial charge < -0.3 is 5.73 Å². The Kier molecular flexibility index (Phi) is 2.15. The maximum Gasteiger partial charge on any atom is 0.193 e. The largest absolute Gasteiger partial charge is 0.397 e. The summed E-state index contributed by atoms with van der Waals surface area (Å²) < 4.78 is 0. The van der Waals surface area contributed by atoms with E-state index >= 15 is 0 Å². The van der Waals surface area contributed by atoms with E-state index in [0.29, 0.717) is 22.0 Å². The molecule has 0 unspecified atom stereocenters. The Hall–Kier alpha value is -2.21. The quantitative estimate of drug-likeness (QED) is 0.703. The van der Waals surface area contributed by atoms with E-state index in [-0.39, 0.29) is 0 Å². The minimum Gasteiger partial charge on any atom is -0.397 e. The molecule has 0 aliphatic carbocycles. The minimum absolute atomic E-state index is 0.401. The van der Waals surface area contributed by atoms with E-state index in [1.165, 1.54) is 11.0 Å². The number of rotatable bonds is 1. The molecule has 0 bridgehead atoms. The molecule has 0 aromatic carbocycles. The Labute approximate surface area is 101 Å². The second kappa shape index (κ2) is 3.67. The zero-order valence-corrected chi connectivity index (χ0v) is 9.33. The summed E-state index contributed by atoms with van der Waals surface area (Å²) in [6.07, 6.45) is 4.79. The van der Waals surface area contributed by atoms with Crippen LogP contribution < -0.4 is 5.73 Å². The van der Waals surface area contributed by atoms with E-state index in [0.717, 1.165) is 5.52 Å². The van der Waals surface area contributed by atoms with Crippen LogP contribution in [0.25, 0.3) is 16.9 Å². The highest BCUT2D eigenvalue weighted by Gasteiger charge is 2.09. The van der Waals surface area contributed by atoms with Crippen LogP contribution in [0.4, 0.5) is 5.69 Å². The maximum absolute atomic E-state index is 6.03. The molecule has 0 amide bonds. The summed E-state index contributed by atoms with van der Waals surface area (Å²) in [6, 6.07) is 3.38. The number of aromatic nitrogens is 5. The summed E-state index contributed by atoms with van der Waals surface area (Å²) in [6.45, 7) is 0. The van der Waals surface area contributed by atoms with Crippen LogP contribution in [0.3, 0.4) is 0 Å². The minimum atomic E-state index is 0.401. The monoisotopic (exact) mass is 246 g/mol. The number of halogens is 1. The van der Waals surface area contributed by atoms with Crippen molar-refractivity contribution < 1.29 is 0 Å². The van der Waals surface area contributed by atoms with Crippen molar-refractivity contribution in [1.82, 2.24) is 25.0 Å². The van der Waals surface area contributed by atoms with Gasteiger partial charge in [-0.2, -0.15) is 0 Å². The van der Waals surface area contributed by atoms with Crippen LogP contribution in [-0.2, 0) is 0 Å². The predicted octanol–water partition coefficient (Wildman–Crippen LogP) is 1.45. The molecular weight excluding hydrogens is 240 g/mol. The Morgan fingerprint density at radius 3 is 2.76 bits per heavy atom. The molecule has 0 saturated carbocycles. The Morgan fingerprint density at radius 1 is 1.18 bits per heavy atom. The molecule has 0 atom stereocenters. The third-order valence-electron chi connectivity index (χ3n) is 2.21. The van der Waals surface area contributed by atoms with Crippen molar-refractivity contribution in [2.75, 3.05) is 5.73 Å². The van der Waals surface area contributed by atoms with Crippen LogP contribution >= 0.6 is 11.6 Å². The molecule has 6 nitrogen and oxygen atoms in total. The molecule has 0 fully saturated rings. The highest BCUT2D eigenvalue weighted by molar-refractivity contribution is 6.32. The van der Waals surface area contributed by atoms with Crippen molar-refractivity contribution in [3.63, 3.8) is 0 Å². The summed E-state index contributed by atoms with van der Waals surface area (Å²) in [4.78, 5) is 9.44. The molecular formula is C10H7ClN6. The zero-order valence-electron chi connectivity index (χ0n) is 8.58. The Bertz CT molecular complexity index is 659. The fourth-order valence-corrected chi connectivity index (χ4v) is 1.70. The van der Waals surface area contributed by atoms with E-state index in [9.17, 15) is 0 Å². The lowest BCUT2D eigenvalue weighted by Gasteiger charge is -2.01. The number of nitrogen functional groups attached to an aromatic ring is 1. The topological polar surface area (TPSA) is 82.5 Å².